The minimum Gasteiger partial charge on any atom is -0.481 e. The average molecular weight is 497 g/mol. The molecule has 8 saturated carbocycles. The molecule has 1 N–H and O–H groups in total. The van der Waals surface area contributed by atoms with Gasteiger partial charge >= 0.3 is 11.9 Å². The van der Waals surface area contributed by atoms with Crippen molar-refractivity contribution >= 4 is 11.9 Å². The van der Waals surface area contributed by atoms with Gasteiger partial charge in [-0.1, -0.05) is 41.0 Å². The summed E-state index contributed by atoms with van der Waals surface area (Å²) in [6.45, 7) is 12.1. The van der Waals surface area contributed by atoms with Gasteiger partial charge in [-0.3, -0.25) is 9.59 Å². The van der Waals surface area contributed by atoms with Gasteiger partial charge in [0.25, 0.3) is 0 Å². The molecule has 8 rings (SSSR count). The molecular formula is C32H48O4. The molecule has 9 unspecified atom stereocenters. The second-order valence-corrected chi connectivity index (χ2v) is 15.7. The number of ether oxygens (including phenoxy) is 1. The smallest absolute Gasteiger partial charge is 0.310 e. The van der Waals surface area contributed by atoms with Crippen molar-refractivity contribution in [2.24, 2.45) is 94.2 Å². The number of carbonyl (C=O) groups is 2. The Bertz CT molecular complexity index is 908. The monoisotopic (exact) mass is 496 g/mol. The zero-order valence-electron chi connectivity index (χ0n) is 23.1. The molecule has 8 aliphatic rings. The predicted octanol–water partition coefficient (Wildman–Crippen LogP) is 6.53. The molecule has 0 aromatic heterocycles. The van der Waals surface area contributed by atoms with Crippen LogP contribution < -0.4 is 0 Å². The highest BCUT2D eigenvalue weighted by Gasteiger charge is 2.73. The van der Waals surface area contributed by atoms with Gasteiger partial charge in [0.2, 0.25) is 0 Å². The lowest BCUT2D eigenvalue weighted by atomic mass is 9.52. The number of rotatable bonds is 6. The van der Waals surface area contributed by atoms with E-state index in [2.05, 4.69) is 34.6 Å². The van der Waals surface area contributed by atoms with E-state index in [0.717, 1.165) is 18.3 Å². The van der Waals surface area contributed by atoms with E-state index in [1.807, 2.05) is 0 Å². The summed E-state index contributed by atoms with van der Waals surface area (Å²) in [7, 11) is 0. The second-order valence-electron chi connectivity index (χ2n) is 15.7. The molecule has 0 spiro atoms. The molecule has 4 nitrogen and oxygen atoms in total. The first-order chi connectivity index (χ1) is 17.1. The van der Waals surface area contributed by atoms with E-state index < -0.39 is 17.8 Å². The Hall–Kier alpha value is -1.06. The van der Waals surface area contributed by atoms with Crippen molar-refractivity contribution in [1.82, 2.24) is 0 Å². The van der Waals surface area contributed by atoms with Crippen LogP contribution in [0.3, 0.4) is 0 Å². The number of esters is 1. The Kier molecular flexibility index (Phi) is 5.32. The summed E-state index contributed by atoms with van der Waals surface area (Å²) in [4.78, 5) is 26.7. The molecular weight excluding hydrogens is 448 g/mol. The standard InChI is InChI=1S/C32H48O4/c1-6-32(4,5)28-22-13-19(23(28)14(2)3)24-20-12-21(25(22)24)27(26(20)30(33)34)31(35)36-29-17-8-15-7-16(10-17)11-18(29)9-15/h14-29H,6-13H2,1-5H3,(H,33,34)/t15?,16?,17?,18?,19?,20?,21?,22?,23?,24?,25?,26?,27-,28?,29?/m0/s1. The van der Waals surface area contributed by atoms with Gasteiger partial charge in [0.05, 0.1) is 11.8 Å². The van der Waals surface area contributed by atoms with E-state index in [4.69, 9.17) is 4.74 Å². The summed E-state index contributed by atoms with van der Waals surface area (Å²) >= 11 is 0. The maximum absolute atomic E-state index is 14.0. The Morgan fingerprint density at radius 1 is 0.833 bits per heavy atom. The van der Waals surface area contributed by atoms with Gasteiger partial charge in [0.1, 0.15) is 6.10 Å². The third-order valence-corrected chi connectivity index (χ3v) is 13.7. The fraction of sp³-hybridized carbons (Fsp3) is 0.938. The van der Waals surface area contributed by atoms with Crippen molar-refractivity contribution in [2.45, 2.75) is 92.1 Å². The Morgan fingerprint density at radius 3 is 1.94 bits per heavy atom. The molecule has 36 heavy (non-hydrogen) atoms. The Labute approximate surface area is 217 Å². The summed E-state index contributed by atoms with van der Waals surface area (Å²) in [5.74, 6) is 5.75. The van der Waals surface area contributed by atoms with Crippen molar-refractivity contribution in [3.05, 3.63) is 0 Å². The van der Waals surface area contributed by atoms with Crippen molar-refractivity contribution < 1.29 is 19.4 Å². The lowest BCUT2D eigenvalue weighted by Crippen LogP contribution is -2.53. The van der Waals surface area contributed by atoms with E-state index in [-0.39, 0.29) is 23.9 Å². The fourth-order valence-electron chi connectivity index (χ4n) is 12.9. The zero-order valence-corrected chi connectivity index (χ0v) is 23.1. The largest absolute Gasteiger partial charge is 0.481 e. The fourth-order valence-corrected chi connectivity index (χ4v) is 12.9. The van der Waals surface area contributed by atoms with Crippen molar-refractivity contribution in [1.29, 1.82) is 0 Å². The molecule has 0 aromatic carbocycles. The highest BCUT2D eigenvalue weighted by Crippen LogP contribution is 2.75. The van der Waals surface area contributed by atoms with Gasteiger partial charge < -0.3 is 9.84 Å². The molecule has 8 bridgehead atoms. The summed E-state index contributed by atoms with van der Waals surface area (Å²) < 4.78 is 6.45. The number of fused-ring (bicyclic) bond motifs is 9. The highest BCUT2D eigenvalue weighted by molar-refractivity contribution is 5.83. The first-order valence-corrected chi connectivity index (χ1v) is 15.5. The molecule has 0 aromatic rings. The lowest BCUT2D eigenvalue weighted by molar-refractivity contribution is -0.185. The van der Waals surface area contributed by atoms with Gasteiger partial charge in [0, 0.05) is 0 Å². The first kappa shape index (κ1) is 24.0. The quantitative estimate of drug-likeness (QED) is 0.335. The van der Waals surface area contributed by atoms with Crippen LogP contribution in [0.2, 0.25) is 0 Å². The van der Waals surface area contributed by atoms with Crippen LogP contribution >= 0.6 is 0 Å². The normalized spacial score (nSPS) is 53.9. The maximum atomic E-state index is 14.0. The Balaban J connectivity index is 1.17. The van der Waals surface area contributed by atoms with E-state index in [0.29, 0.717) is 58.7 Å². The topological polar surface area (TPSA) is 63.6 Å². The Morgan fingerprint density at radius 2 is 1.39 bits per heavy atom. The third-order valence-electron chi connectivity index (χ3n) is 13.7. The van der Waals surface area contributed by atoms with Crippen LogP contribution in [0.4, 0.5) is 0 Å². The molecule has 200 valence electrons. The lowest BCUT2D eigenvalue weighted by Gasteiger charge is -2.54. The van der Waals surface area contributed by atoms with Crippen LogP contribution in [0.25, 0.3) is 0 Å². The van der Waals surface area contributed by atoms with E-state index in [1.165, 1.54) is 44.9 Å². The van der Waals surface area contributed by atoms with Crippen molar-refractivity contribution in [3.8, 4) is 0 Å². The molecule has 0 saturated heterocycles. The summed E-state index contributed by atoms with van der Waals surface area (Å²) in [6, 6.07) is 0. The van der Waals surface area contributed by atoms with E-state index in [1.54, 1.807) is 0 Å². The molecule has 0 radical (unpaired) electrons. The van der Waals surface area contributed by atoms with Gasteiger partial charge in [-0.2, -0.15) is 0 Å². The predicted molar refractivity (Wildman–Crippen MR) is 138 cm³/mol. The average Bonchev–Trinajstić information content (AvgIpc) is 3.57. The number of carboxylic acids is 1. The highest BCUT2D eigenvalue weighted by atomic mass is 16.5. The van der Waals surface area contributed by atoms with Gasteiger partial charge in [-0.25, -0.2) is 0 Å². The van der Waals surface area contributed by atoms with Crippen molar-refractivity contribution in [2.75, 3.05) is 0 Å². The van der Waals surface area contributed by atoms with Crippen LogP contribution in [0.5, 0.6) is 0 Å². The van der Waals surface area contributed by atoms with Gasteiger partial charge in [-0.15, -0.1) is 0 Å². The minimum atomic E-state index is -0.734. The van der Waals surface area contributed by atoms with Gasteiger partial charge in [-0.05, 0) is 127 Å². The molecule has 0 heterocycles. The number of carbonyl (C=O) groups excluding carboxylic acids is 1. The van der Waals surface area contributed by atoms with Crippen LogP contribution in [-0.4, -0.2) is 23.1 Å². The van der Waals surface area contributed by atoms with Crippen LogP contribution in [-0.2, 0) is 14.3 Å². The van der Waals surface area contributed by atoms with Crippen LogP contribution in [0.15, 0.2) is 0 Å². The van der Waals surface area contributed by atoms with Gasteiger partial charge in [0.15, 0.2) is 0 Å². The number of carboxylic acid groups (broad SMARTS) is 1. The number of aliphatic carboxylic acids is 1. The molecule has 8 aliphatic carbocycles. The molecule has 8 fully saturated rings. The minimum absolute atomic E-state index is 0.0618. The van der Waals surface area contributed by atoms with Crippen molar-refractivity contribution in [3.63, 3.8) is 0 Å². The molecule has 0 aliphatic heterocycles. The SMILES string of the molecule is CCC(C)(C)C1C2CC(C3C4CC(C23)[C@H](C(=O)OC2C3CC5CC(C3)CC2C5)C4C(=O)O)C1C(C)C. The second kappa shape index (κ2) is 7.98. The molecule has 4 heteroatoms. The number of hydrogen-bond donors (Lipinski definition) is 1. The van der Waals surface area contributed by atoms with Crippen LogP contribution in [0.1, 0.15) is 86.0 Å². The number of hydrogen-bond acceptors (Lipinski definition) is 3. The zero-order chi connectivity index (χ0) is 25.3. The first-order valence-electron chi connectivity index (χ1n) is 15.5. The van der Waals surface area contributed by atoms with Crippen LogP contribution in [0, 0.1) is 94.2 Å². The molecule has 10 atom stereocenters. The van der Waals surface area contributed by atoms with E-state index >= 15 is 0 Å². The summed E-state index contributed by atoms with van der Waals surface area (Å²) in [5, 5.41) is 10.4. The third kappa shape index (κ3) is 3.11. The maximum Gasteiger partial charge on any atom is 0.310 e. The summed E-state index contributed by atoms with van der Waals surface area (Å²) in [6.07, 6.45) is 9.75. The summed E-state index contributed by atoms with van der Waals surface area (Å²) in [5.41, 5.74) is 0.295. The van der Waals surface area contributed by atoms with E-state index in [9.17, 15) is 14.7 Å². The molecule has 0 amide bonds.